The monoisotopic (exact) mass is 244 g/mol. The molecule has 16 heavy (non-hydrogen) atoms. The largest absolute Gasteiger partial charge is 0.480 e. The molecule has 1 amide bonds. The molecule has 0 bridgehead atoms. The summed E-state index contributed by atoms with van der Waals surface area (Å²) < 4.78 is 0. The highest BCUT2D eigenvalue weighted by molar-refractivity contribution is 7.80. The van der Waals surface area contributed by atoms with E-state index in [1.807, 2.05) is 0 Å². The first kappa shape index (κ1) is 12.1. The normalized spacial score (nSPS) is 15.9. The minimum atomic E-state index is -1.24. The summed E-state index contributed by atoms with van der Waals surface area (Å²) in [4.78, 5) is 34.2. The Kier molecular flexibility index (Phi) is 3.23. The molecule has 8 heteroatoms. The summed E-state index contributed by atoms with van der Waals surface area (Å²) in [6, 6.07) is 0. The second-order valence-corrected chi connectivity index (χ2v) is 3.36. The van der Waals surface area contributed by atoms with Crippen molar-refractivity contribution in [3.05, 3.63) is 12.3 Å². The van der Waals surface area contributed by atoms with E-state index in [2.05, 4.69) is 6.58 Å². The molecule has 1 rings (SSSR count). The van der Waals surface area contributed by atoms with Crippen LogP contribution in [0.1, 0.15) is 0 Å². The number of carbonyl (C=O) groups is 3. The van der Waals surface area contributed by atoms with Crippen molar-refractivity contribution in [3.8, 4) is 0 Å². The van der Waals surface area contributed by atoms with Crippen LogP contribution in [0.5, 0.6) is 0 Å². The molecule has 0 spiro atoms. The van der Waals surface area contributed by atoms with Gasteiger partial charge in [-0.2, -0.15) is 0 Å². The van der Waals surface area contributed by atoms with Crippen molar-refractivity contribution in [2.75, 3.05) is 13.1 Å². The number of carboxylic acids is 2. The molecular formula is C8H8N2O5S. The van der Waals surface area contributed by atoms with E-state index in [0.717, 1.165) is 9.80 Å². The maximum Gasteiger partial charge on any atom is 0.323 e. The average Bonchev–Trinajstić information content (AvgIpc) is 2.34. The summed E-state index contributed by atoms with van der Waals surface area (Å²) in [5.74, 6) is -3.11. The van der Waals surface area contributed by atoms with E-state index >= 15 is 0 Å². The van der Waals surface area contributed by atoms with Crippen LogP contribution < -0.4 is 0 Å². The smallest absolute Gasteiger partial charge is 0.323 e. The molecule has 0 aromatic heterocycles. The molecule has 0 atom stereocenters. The Balaban J connectivity index is 2.90. The lowest BCUT2D eigenvalue weighted by atomic mass is 10.4. The molecule has 1 aliphatic rings. The first-order valence-corrected chi connectivity index (χ1v) is 4.51. The van der Waals surface area contributed by atoms with E-state index in [1.165, 1.54) is 0 Å². The second-order valence-electron chi connectivity index (χ2n) is 2.99. The molecule has 0 radical (unpaired) electrons. The third-order valence-corrected chi connectivity index (χ3v) is 2.31. The second kappa shape index (κ2) is 4.27. The van der Waals surface area contributed by atoms with Crippen molar-refractivity contribution < 1.29 is 24.6 Å². The zero-order valence-electron chi connectivity index (χ0n) is 8.04. The van der Waals surface area contributed by atoms with Crippen LogP contribution in [0, 0.1) is 0 Å². The Morgan fingerprint density at radius 1 is 1.19 bits per heavy atom. The Hall–Kier alpha value is -1.96. The van der Waals surface area contributed by atoms with E-state index in [-0.39, 0.29) is 10.8 Å². The van der Waals surface area contributed by atoms with Crippen LogP contribution in [0.2, 0.25) is 0 Å². The van der Waals surface area contributed by atoms with E-state index in [9.17, 15) is 14.4 Å². The highest BCUT2D eigenvalue weighted by atomic mass is 32.1. The van der Waals surface area contributed by atoms with Crippen molar-refractivity contribution in [2.24, 2.45) is 0 Å². The van der Waals surface area contributed by atoms with E-state index < -0.39 is 30.9 Å². The summed E-state index contributed by atoms with van der Waals surface area (Å²) in [6.07, 6.45) is 0. The van der Waals surface area contributed by atoms with Crippen molar-refractivity contribution in [1.29, 1.82) is 0 Å². The highest BCUT2D eigenvalue weighted by Crippen LogP contribution is 2.19. The van der Waals surface area contributed by atoms with Gasteiger partial charge < -0.3 is 15.1 Å². The van der Waals surface area contributed by atoms with Gasteiger partial charge in [0, 0.05) is 0 Å². The van der Waals surface area contributed by atoms with Gasteiger partial charge >= 0.3 is 11.9 Å². The summed E-state index contributed by atoms with van der Waals surface area (Å²) in [6.45, 7) is 2.25. The van der Waals surface area contributed by atoms with E-state index in [4.69, 9.17) is 22.4 Å². The summed E-state index contributed by atoms with van der Waals surface area (Å²) in [5.41, 5.74) is -0.131. The fourth-order valence-electron chi connectivity index (χ4n) is 1.19. The quantitative estimate of drug-likeness (QED) is 0.488. The molecular weight excluding hydrogens is 236 g/mol. The summed E-state index contributed by atoms with van der Waals surface area (Å²) in [7, 11) is 0. The van der Waals surface area contributed by atoms with Gasteiger partial charge in [-0.05, 0) is 12.2 Å². The van der Waals surface area contributed by atoms with Crippen LogP contribution in [-0.2, 0) is 14.4 Å². The lowest BCUT2D eigenvalue weighted by molar-refractivity contribution is -0.140. The Labute approximate surface area is 95.5 Å². The summed E-state index contributed by atoms with van der Waals surface area (Å²) in [5, 5.41) is 17.0. The molecule has 0 unspecified atom stereocenters. The molecule has 7 nitrogen and oxygen atoms in total. The van der Waals surface area contributed by atoms with Crippen LogP contribution >= 0.6 is 12.2 Å². The molecule has 0 aliphatic carbocycles. The van der Waals surface area contributed by atoms with E-state index in [1.54, 1.807) is 0 Å². The van der Waals surface area contributed by atoms with Gasteiger partial charge in [-0.1, -0.05) is 6.58 Å². The number of hydrogen-bond acceptors (Lipinski definition) is 4. The number of hydrogen-bond donors (Lipinski definition) is 2. The van der Waals surface area contributed by atoms with Crippen LogP contribution in [0.3, 0.4) is 0 Å². The van der Waals surface area contributed by atoms with Gasteiger partial charge in [0.2, 0.25) is 0 Å². The van der Waals surface area contributed by atoms with Gasteiger partial charge in [-0.25, -0.2) is 0 Å². The number of thiocarbonyl (C=S) groups is 1. The van der Waals surface area contributed by atoms with Crippen LogP contribution in [0.4, 0.5) is 0 Å². The number of nitrogens with zero attached hydrogens (tertiary/aromatic N) is 2. The standard InChI is InChI=1S/C8H8N2O5S/c1-4-7(15)10(3-6(13)14)8(16)9(4)2-5(11)12/h1-3H2,(H,11,12)(H,13,14). The van der Waals surface area contributed by atoms with Crippen molar-refractivity contribution >= 4 is 35.2 Å². The number of carbonyl (C=O) groups excluding carboxylic acids is 1. The minimum absolute atomic E-state index is 0.131. The topological polar surface area (TPSA) is 98.2 Å². The van der Waals surface area contributed by atoms with Gasteiger partial charge in [-0.3, -0.25) is 19.3 Å². The number of amides is 1. The van der Waals surface area contributed by atoms with Crippen molar-refractivity contribution in [1.82, 2.24) is 9.80 Å². The molecule has 86 valence electrons. The lowest BCUT2D eigenvalue weighted by Crippen LogP contribution is -2.38. The zero-order chi connectivity index (χ0) is 12.5. The maximum atomic E-state index is 11.5. The Morgan fingerprint density at radius 2 is 1.62 bits per heavy atom. The van der Waals surface area contributed by atoms with E-state index in [0.29, 0.717) is 0 Å². The first-order chi connectivity index (χ1) is 7.34. The SMILES string of the molecule is C=C1C(=O)N(CC(=O)O)C(=S)N1CC(=O)O. The van der Waals surface area contributed by atoms with Gasteiger partial charge in [0.25, 0.3) is 5.91 Å². The number of rotatable bonds is 4. The molecule has 0 saturated carbocycles. The van der Waals surface area contributed by atoms with Gasteiger partial charge in [0.1, 0.15) is 18.8 Å². The first-order valence-electron chi connectivity index (χ1n) is 4.10. The fraction of sp³-hybridized carbons (Fsp3) is 0.250. The maximum absolute atomic E-state index is 11.5. The summed E-state index contributed by atoms with van der Waals surface area (Å²) >= 11 is 4.80. The predicted octanol–water partition coefficient (Wildman–Crippen LogP) is -0.902. The number of aliphatic carboxylic acids is 2. The predicted molar refractivity (Wildman–Crippen MR) is 55.4 cm³/mol. The highest BCUT2D eigenvalue weighted by Gasteiger charge is 2.38. The third kappa shape index (κ3) is 2.16. The van der Waals surface area contributed by atoms with Crippen LogP contribution in [0.25, 0.3) is 0 Å². The van der Waals surface area contributed by atoms with Crippen LogP contribution in [-0.4, -0.2) is 56.1 Å². The van der Waals surface area contributed by atoms with Gasteiger partial charge in [0.15, 0.2) is 5.11 Å². The van der Waals surface area contributed by atoms with Crippen molar-refractivity contribution in [3.63, 3.8) is 0 Å². The number of carboxylic acid groups (broad SMARTS) is 2. The Bertz CT molecular complexity index is 369. The molecule has 0 aromatic rings. The van der Waals surface area contributed by atoms with Crippen molar-refractivity contribution in [2.45, 2.75) is 0 Å². The van der Waals surface area contributed by atoms with Gasteiger partial charge in [-0.15, -0.1) is 0 Å². The van der Waals surface area contributed by atoms with Gasteiger partial charge in [0.05, 0.1) is 0 Å². The molecule has 1 saturated heterocycles. The molecule has 0 aromatic carbocycles. The Morgan fingerprint density at radius 3 is 2.06 bits per heavy atom. The molecule has 1 aliphatic heterocycles. The lowest BCUT2D eigenvalue weighted by Gasteiger charge is -2.16. The fourth-order valence-corrected chi connectivity index (χ4v) is 1.51. The molecule has 1 fully saturated rings. The average molecular weight is 244 g/mol. The minimum Gasteiger partial charge on any atom is -0.480 e. The zero-order valence-corrected chi connectivity index (χ0v) is 8.86. The molecule has 1 heterocycles. The van der Waals surface area contributed by atoms with Crippen LogP contribution in [0.15, 0.2) is 12.3 Å². The molecule has 2 N–H and O–H groups in total. The third-order valence-electron chi connectivity index (χ3n) is 1.87.